The van der Waals surface area contributed by atoms with Gasteiger partial charge in [0, 0.05) is 18.8 Å². The first-order valence-corrected chi connectivity index (χ1v) is 6.00. The summed E-state index contributed by atoms with van der Waals surface area (Å²) in [5.74, 6) is 0.658. The second-order valence-electron chi connectivity index (χ2n) is 5.82. The molecule has 0 saturated carbocycles. The van der Waals surface area contributed by atoms with E-state index in [1.807, 2.05) is 0 Å². The van der Waals surface area contributed by atoms with Gasteiger partial charge < -0.3 is 9.47 Å². The molecule has 2 fully saturated rings. The van der Waals surface area contributed by atoms with Gasteiger partial charge in [-0.1, -0.05) is 0 Å². The SMILES string of the molecule is CC1(C)COC(C)(CC2CCCOC2)N1. The van der Waals surface area contributed by atoms with Gasteiger partial charge in [-0.2, -0.15) is 0 Å². The maximum Gasteiger partial charge on any atom is 0.117 e. The number of ether oxygens (including phenoxy) is 2. The fourth-order valence-electron chi connectivity index (χ4n) is 2.76. The third-order valence-corrected chi connectivity index (χ3v) is 3.29. The van der Waals surface area contributed by atoms with Gasteiger partial charge in [-0.3, -0.25) is 5.32 Å². The van der Waals surface area contributed by atoms with E-state index in [0.29, 0.717) is 5.92 Å². The predicted molar refractivity (Wildman–Crippen MR) is 59.7 cm³/mol. The van der Waals surface area contributed by atoms with E-state index in [1.165, 1.54) is 12.8 Å². The Hall–Kier alpha value is -0.120. The molecule has 0 aliphatic carbocycles. The Bertz CT molecular complexity index is 224. The molecule has 0 spiro atoms. The molecular formula is C12H23NO2. The molecule has 0 amide bonds. The number of rotatable bonds is 2. The van der Waals surface area contributed by atoms with Crippen LogP contribution >= 0.6 is 0 Å². The lowest BCUT2D eigenvalue weighted by Crippen LogP contribution is -2.48. The monoisotopic (exact) mass is 213 g/mol. The Labute approximate surface area is 92.5 Å². The molecule has 2 heterocycles. The largest absolute Gasteiger partial charge is 0.381 e. The Morgan fingerprint density at radius 3 is 2.67 bits per heavy atom. The van der Waals surface area contributed by atoms with Gasteiger partial charge in [0.05, 0.1) is 6.61 Å². The van der Waals surface area contributed by atoms with Crippen molar-refractivity contribution in [1.82, 2.24) is 5.32 Å². The molecule has 2 aliphatic rings. The molecule has 2 unspecified atom stereocenters. The highest BCUT2D eigenvalue weighted by Crippen LogP contribution is 2.31. The summed E-state index contributed by atoms with van der Waals surface area (Å²) in [4.78, 5) is 0. The van der Waals surface area contributed by atoms with Crippen molar-refractivity contribution in [3.05, 3.63) is 0 Å². The van der Waals surface area contributed by atoms with Gasteiger partial charge in [0.25, 0.3) is 0 Å². The van der Waals surface area contributed by atoms with Crippen LogP contribution in [0.4, 0.5) is 0 Å². The predicted octanol–water partition coefficient (Wildman–Crippen LogP) is 1.92. The van der Waals surface area contributed by atoms with Gasteiger partial charge in [0.1, 0.15) is 5.72 Å². The van der Waals surface area contributed by atoms with Crippen molar-refractivity contribution in [3.63, 3.8) is 0 Å². The molecule has 2 aliphatic heterocycles. The molecule has 0 aromatic rings. The molecule has 2 rings (SSSR count). The third-order valence-electron chi connectivity index (χ3n) is 3.29. The van der Waals surface area contributed by atoms with Crippen LogP contribution < -0.4 is 5.32 Å². The Kier molecular flexibility index (Phi) is 3.06. The molecule has 3 nitrogen and oxygen atoms in total. The van der Waals surface area contributed by atoms with Gasteiger partial charge in [-0.15, -0.1) is 0 Å². The molecule has 2 atom stereocenters. The lowest BCUT2D eigenvalue weighted by atomic mass is 9.92. The summed E-state index contributed by atoms with van der Waals surface area (Å²) in [7, 11) is 0. The van der Waals surface area contributed by atoms with Crippen LogP contribution in [0.25, 0.3) is 0 Å². The van der Waals surface area contributed by atoms with Crippen molar-refractivity contribution in [2.45, 2.75) is 51.3 Å². The van der Waals surface area contributed by atoms with Crippen molar-refractivity contribution in [3.8, 4) is 0 Å². The summed E-state index contributed by atoms with van der Waals surface area (Å²) in [6.07, 6.45) is 3.54. The number of hydrogen-bond donors (Lipinski definition) is 1. The van der Waals surface area contributed by atoms with E-state index in [2.05, 4.69) is 26.1 Å². The smallest absolute Gasteiger partial charge is 0.117 e. The Morgan fingerprint density at radius 1 is 1.33 bits per heavy atom. The second kappa shape index (κ2) is 4.04. The first-order chi connectivity index (χ1) is 6.99. The molecule has 0 aromatic heterocycles. The zero-order chi connectivity index (χ0) is 10.9. The van der Waals surface area contributed by atoms with Crippen LogP contribution in [-0.4, -0.2) is 31.1 Å². The van der Waals surface area contributed by atoms with Gasteiger partial charge in [0.2, 0.25) is 0 Å². The van der Waals surface area contributed by atoms with Gasteiger partial charge in [-0.25, -0.2) is 0 Å². The van der Waals surface area contributed by atoms with E-state index in [9.17, 15) is 0 Å². The lowest BCUT2D eigenvalue weighted by molar-refractivity contribution is -0.0388. The highest BCUT2D eigenvalue weighted by atomic mass is 16.5. The van der Waals surface area contributed by atoms with Crippen LogP contribution in [0.3, 0.4) is 0 Å². The van der Waals surface area contributed by atoms with Crippen molar-refractivity contribution in [1.29, 1.82) is 0 Å². The molecule has 15 heavy (non-hydrogen) atoms. The van der Waals surface area contributed by atoms with Gasteiger partial charge >= 0.3 is 0 Å². The van der Waals surface area contributed by atoms with E-state index in [-0.39, 0.29) is 11.3 Å². The lowest BCUT2D eigenvalue weighted by Gasteiger charge is -2.32. The van der Waals surface area contributed by atoms with Crippen LogP contribution in [0, 0.1) is 5.92 Å². The van der Waals surface area contributed by atoms with Gasteiger partial charge in [-0.05, 0) is 46.0 Å². The average Bonchev–Trinajstić information content (AvgIpc) is 2.42. The highest BCUT2D eigenvalue weighted by molar-refractivity contribution is 4.93. The minimum atomic E-state index is -0.144. The number of nitrogens with one attached hydrogen (secondary N) is 1. The Morgan fingerprint density at radius 2 is 2.13 bits per heavy atom. The maximum absolute atomic E-state index is 5.89. The summed E-state index contributed by atoms with van der Waals surface area (Å²) in [5, 5.41) is 3.58. The van der Waals surface area contributed by atoms with Crippen LogP contribution in [0.15, 0.2) is 0 Å². The molecular weight excluding hydrogens is 190 g/mol. The molecule has 1 N–H and O–H groups in total. The fourth-order valence-corrected chi connectivity index (χ4v) is 2.76. The quantitative estimate of drug-likeness (QED) is 0.760. The second-order valence-corrected chi connectivity index (χ2v) is 5.82. The van der Waals surface area contributed by atoms with Crippen LogP contribution in [-0.2, 0) is 9.47 Å². The van der Waals surface area contributed by atoms with E-state index in [0.717, 1.165) is 26.2 Å². The van der Waals surface area contributed by atoms with E-state index in [1.54, 1.807) is 0 Å². The number of hydrogen-bond acceptors (Lipinski definition) is 3. The van der Waals surface area contributed by atoms with Gasteiger partial charge in [0.15, 0.2) is 0 Å². The summed E-state index contributed by atoms with van der Waals surface area (Å²) in [6.45, 7) is 9.19. The van der Waals surface area contributed by atoms with E-state index < -0.39 is 0 Å². The topological polar surface area (TPSA) is 30.5 Å². The molecule has 0 radical (unpaired) electrons. The van der Waals surface area contributed by atoms with Crippen LogP contribution in [0.1, 0.15) is 40.0 Å². The minimum Gasteiger partial charge on any atom is -0.381 e. The van der Waals surface area contributed by atoms with Crippen molar-refractivity contribution in [2.24, 2.45) is 5.92 Å². The normalized spacial score (nSPS) is 40.6. The molecule has 0 aromatic carbocycles. The standard InChI is InChI=1S/C12H23NO2/c1-11(2)9-15-12(3,13-11)7-10-5-4-6-14-8-10/h10,13H,4-9H2,1-3H3. The summed E-state index contributed by atoms with van der Waals surface area (Å²) in [6, 6.07) is 0. The zero-order valence-corrected chi connectivity index (χ0v) is 10.1. The summed E-state index contributed by atoms with van der Waals surface area (Å²) < 4.78 is 11.4. The highest BCUT2D eigenvalue weighted by Gasteiger charge is 2.41. The van der Waals surface area contributed by atoms with Crippen molar-refractivity contribution >= 4 is 0 Å². The first-order valence-electron chi connectivity index (χ1n) is 6.00. The molecule has 88 valence electrons. The van der Waals surface area contributed by atoms with Crippen molar-refractivity contribution < 1.29 is 9.47 Å². The minimum absolute atomic E-state index is 0.115. The average molecular weight is 213 g/mol. The molecule has 0 bridgehead atoms. The van der Waals surface area contributed by atoms with E-state index in [4.69, 9.17) is 9.47 Å². The summed E-state index contributed by atoms with van der Waals surface area (Å²) >= 11 is 0. The van der Waals surface area contributed by atoms with Crippen LogP contribution in [0.5, 0.6) is 0 Å². The fraction of sp³-hybridized carbons (Fsp3) is 1.00. The van der Waals surface area contributed by atoms with Crippen molar-refractivity contribution in [2.75, 3.05) is 19.8 Å². The first kappa shape index (κ1) is 11.4. The Balaban J connectivity index is 1.88. The summed E-state index contributed by atoms with van der Waals surface area (Å²) in [5.41, 5.74) is -0.0286. The van der Waals surface area contributed by atoms with Crippen LogP contribution in [0.2, 0.25) is 0 Å². The third kappa shape index (κ3) is 2.92. The zero-order valence-electron chi connectivity index (χ0n) is 10.1. The molecule has 3 heteroatoms. The van der Waals surface area contributed by atoms with E-state index >= 15 is 0 Å². The maximum atomic E-state index is 5.89. The molecule has 2 saturated heterocycles.